The number of halogens is 8. The second kappa shape index (κ2) is 12.2. The molecular formula is C25H17BrF7N3O4S. The summed E-state index contributed by atoms with van der Waals surface area (Å²) in [6, 6.07) is 8.30. The Morgan fingerprint density at radius 3 is 2.17 bits per heavy atom. The summed E-state index contributed by atoms with van der Waals surface area (Å²) in [7, 11) is 0. The van der Waals surface area contributed by atoms with E-state index in [2.05, 4.69) is 35.4 Å². The van der Waals surface area contributed by atoms with Gasteiger partial charge in [-0.05, 0) is 57.7 Å². The van der Waals surface area contributed by atoms with Gasteiger partial charge in [-0.2, -0.15) is 35.5 Å². The van der Waals surface area contributed by atoms with Crippen molar-refractivity contribution in [3.63, 3.8) is 0 Å². The molecule has 4 aromatic rings. The second-order valence-corrected chi connectivity index (χ2v) is 10.4. The lowest BCUT2D eigenvalue weighted by Crippen LogP contribution is -2.43. The number of pyridine rings is 2. The minimum absolute atomic E-state index is 0.00386. The molecule has 4 rings (SSSR count). The molecule has 0 saturated heterocycles. The van der Waals surface area contributed by atoms with E-state index in [1.165, 1.54) is 36.7 Å². The maximum absolute atomic E-state index is 14.3. The molecular weight excluding hydrogens is 651 g/mol. The van der Waals surface area contributed by atoms with E-state index in [0.29, 0.717) is 26.1 Å². The minimum atomic E-state index is -5.22. The number of aliphatic hydroxyl groups is 1. The largest absolute Gasteiger partial charge is 0.619 e. The van der Waals surface area contributed by atoms with Crippen LogP contribution in [0, 0.1) is 5.21 Å². The van der Waals surface area contributed by atoms with Gasteiger partial charge in [-0.15, -0.1) is 11.3 Å². The Balaban J connectivity index is 1.83. The number of benzene rings is 1. The van der Waals surface area contributed by atoms with Gasteiger partial charge in [0.05, 0.1) is 10.6 Å². The molecule has 16 heteroatoms. The number of ether oxygens (including phenoxy) is 2. The fourth-order valence-corrected chi connectivity index (χ4v) is 5.30. The quantitative estimate of drug-likeness (QED) is 0.121. The van der Waals surface area contributed by atoms with Gasteiger partial charge >= 0.3 is 19.4 Å². The van der Waals surface area contributed by atoms with E-state index in [1.54, 1.807) is 0 Å². The number of hydrogen-bond acceptors (Lipinski definition) is 7. The minimum Gasteiger partial charge on any atom is -0.619 e. The van der Waals surface area contributed by atoms with Crippen LogP contribution in [0.15, 0.2) is 71.7 Å². The lowest BCUT2D eigenvalue weighted by molar-refractivity contribution is -0.605. The summed E-state index contributed by atoms with van der Waals surface area (Å²) < 4.78 is 104. The van der Waals surface area contributed by atoms with E-state index in [9.17, 15) is 41.0 Å². The van der Waals surface area contributed by atoms with Gasteiger partial charge in [0.25, 0.3) is 0 Å². The summed E-state index contributed by atoms with van der Waals surface area (Å²) in [5.41, 5.74) is -3.62. The number of rotatable bonds is 10. The number of alkyl halides is 7. The third kappa shape index (κ3) is 6.87. The van der Waals surface area contributed by atoms with Gasteiger partial charge in [0.15, 0.2) is 23.9 Å². The third-order valence-corrected chi connectivity index (χ3v) is 7.49. The fourth-order valence-electron chi connectivity index (χ4n) is 3.90. The summed E-state index contributed by atoms with van der Waals surface area (Å²) in [4.78, 5) is 7.19. The van der Waals surface area contributed by atoms with E-state index in [1.807, 2.05) is 0 Å². The maximum atomic E-state index is 14.3. The van der Waals surface area contributed by atoms with E-state index in [4.69, 9.17) is 0 Å². The van der Waals surface area contributed by atoms with Crippen molar-refractivity contribution in [1.82, 2.24) is 9.97 Å². The number of nitrogens with zero attached hydrogens (tertiary/aromatic N) is 3. The van der Waals surface area contributed by atoms with Crippen LogP contribution < -0.4 is 14.2 Å². The molecule has 0 fully saturated rings. The predicted octanol–water partition coefficient (Wildman–Crippen LogP) is 6.31. The molecule has 218 valence electrons. The molecule has 0 amide bonds. The standard InChI is InChI=1S/C25H17BrF7N3O4S/c26-15-2-4-19(34-11-15)24(37,25(31,32)33)20-12-35-21(41-20)16(9-13-5-7-36(38)8-6-13)14-1-3-17(39-22(27)28)18(10-14)40-23(29)30/h1-8,10-12,16,22-23,37H,9H2. The van der Waals surface area contributed by atoms with E-state index >= 15 is 0 Å². The number of hydrogen-bond donors (Lipinski definition) is 1. The van der Waals surface area contributed by atoms with Gasteiger partial charge in [-0.3, -0.25) is 4.98 Å². The Bertz CT molecular complexity index is 1470. The van der Waals surface area contributed by atoms with Gasteiger partial charge < -0.3 is 19.8 Å². The van der Waals surface area contributed by atoms with Crippen molar-refractivity contribution in [2.24, 2.45) is 0 Å². The maximum Gasteiger partial charge on any atom is 0.428 e. The average Bonchev–Trinajstić information content (AvgIpc) is 3.38. The highest BCUT2D eigenvalue weighted by molar-refractivity contribution is 9.10. The lowest BCUT2D eigenvalue weighted by Gasteiger charge is -2.28. The number of thiazole rings is 1. The Labute approximate surface area is 239 Å². The molecule has 0 spiro atoms. The van der Waals surface area contributed by atoms with Gasteiger partial charge in [0.2, 0.25) is 5.60 Å². The van der Waals surface area contributed by atoms with Crippen molar-refractivity contribution in [3.05, 3.63) is 104 Å². The zero-order valence-corrected chi connectivity index (χ0v) is 22.6. The van der Waals surface area contributed by atoms with Gasteiger partial charge in [0.1, 0.15) is 5.01 Å². The van der Waals surface area contributed by atoms with Gasteiger partial charge in [0, 0.05) is 34.9 Å². The summed E-state index contributed by atoms with van der Waals surface area (Å²) in [5, 5.41) is 22.5. The first-order valence-electron chi connectivity index (χ1n) is 11.4. The van der Waals surface area contributed by atoms with Crippen LogP contribution >= 0.6 is 27.3 Å². The molecule has 0 saturated carbocycles. The molecule has 0 radical (unpaired) electrons. The molecule has 0 aliphatic heterocycles. The van der Waals surface area contributed by atoms with E-state index in [-0.39, 0.29) is 17.0 Å². The van der Waals surface area contributed by atoms with Gasteiger partial charge in [-0.25, -0.2) is 4.98 Å². The van der Waals surface area contributed by atoms with E-state index < -0.39 is 53.0 Å². The zero-order chi connectivity index (χ0) is 29.9. The highest BCUT2D eigenvalue weighted by atomic mass is 79.9. The summed E-state index contributed by atoms with van der Waals surface area (Å²) in [6.45, 7) is -6.76. The highest BCUT2D eigenvalue weighted by Crippen LogP contribution is 2.47. The summed E-state index contributed by atoms with van der Waals surface area (Å²) in [6.07, 6.45) is -0.981. The molecule has 0 aliphatic rings. The third-order valence-electron chi connectivity index (χ3n) is 5.80. The normalized spacial score (nSPS) is 14.2. The van der Waals surface area contributed by atoms with Crippen LogP contribution in [-0.4, -0.2) is 34.5 Å². The first-order chi connectivity index (χ1) is 19.3. The molecule has 3 heterocycles. The molecule has 0 aliphatic carbocycles. The molecule has 0 bridgehead atoms. The van der Waals surface area contributed by atoms with E-state index in [0.717, 1.165) is 30.6 Å². The van der Waals surface area contributed by atoms with Crippen LogP contribution in [0.5, 0.6) is 11.5 Å². The topological polar surface area (TPSA) is 91.4 Å². The molecule has 7 nitrogen and oxygen atoms in total. The molecule has 1 N–H and O–H groups in total. The van der Waals surface area contributed by atoms with Gasteiger partial charge in [-0.1, -0.05) is 6.07 Å². The zero-order valence-electron chi connectivity index (χ0n) is 20.2. The molecule has 2 unspecified atom stereocenters. The lowest BCUT2D eigenvalue weighted by atomic mass is 9.92. The van der Waals surface area contributed by atoms with Crippen LogP contribution in [0.3, 0.4) is 0 Å². The second-order valence-electron chi connectivity index (χ2n) is 8.42. The molecule has 2 atom stereocenters. The predicted molar refractivity (Wildman–Crippen MR) is 134 cm³/mol. The highest BCUT2D eigenvalue weighted by Gasteiger charge is 2.58. The van der Waals surface area contributed by atoms with Crippen LogP contribution in [0.1, 0.15) is 32.6 Å². The Morgan fingerprint density at radius 2 is 1.59 bits per heavy atom. The smallest absolute Gasteiger partial charge is 0.428 e. The molecule has 41 heavy (non-hydrogen) atoms. The van der Waals surface area contributed by atoms with Crippen molar-refractivity contribution in [1.29, 1.82) is 0 Å². The first-order valence-corrected chi connectivity index (χ1v) is 13.0. The summed E-state index contributed by atoms with van der Waals surface area (Å²) >= 11 is 3.56. The van der Waals surface area contributed by atoms with Crippen molar-refractivity contribution < 1.29 is 50.0 Å². The number of aromatic nitrogens is 3. The van der Waals surface area contributed by atoms with Crippen molar-refractivity contribution in [2.75, 3.05) is 0 Å². The van der Waals surface area contributed by atoms with Crippen LogP contribution in [0.25, 0.3) is 0 Å². The van der Waals surface area contributed by atoms with Crippen LogP contribution in [0.4, 0.5) is 30.7 Å². The van der Waals surface area contributed by atoms with Crippen molar-refractivity contribution in [2.45, 2.75) is 37.3 Å². The van der Waals surface area contributed by atoms with Crippen LogP contribution in [-0.2, 0) is 12.0 Å². The molecule has 3 aromatic heterocycles. The first kappa shape index (κ1) is 30.5. The SMILES string of the molecule is [O-][n+]1ccc(CC(c2ccc(OC(F)F)c(OC(F)F)c2)c2ncc(C(O)(c3ccc(Br)cn3)C(F)(F)F)s2)cc1. The summed E-state index contributed by atoms with van der Waals surface area (Å²) in [5.74, 6) is -2.40. The van der Waals surface area contributed by atoms with Crippen molar-refractivity contribution in [3.8, 4) is 11.5 Å². The molecule has 1 aromatic carbocycles. The van der Waals surface area contributed by atoms with Crippen molar-refractivity contribution >= 4 is 27.3 Å². The Hall–Kier alpha value is -3.50. The van der Waals surface area contributed by atoms with Crippen LogP contribution in [0.2, 0.25) is 0 Å². The monoisotopic (exact) mass is 667 g/mol. The Kier molecular flexibility index (Phi) is 9.03. The fraction of sp³-hybridized carbons (Fsp3) is 0.240. The average molecular weight is 668 g/mol. The Morgan fingerprint density at radius 1 is 0.927 bits per heavy atom.